The van der Waals surface area contributed by atoms with Gasteiger partial charge in [-0.1, -0.05) is 68.8 Å². The standard InChI is InChI=1S/C19H24O/c1-14-12-16(11-10-15-8-6-5-7-9-15)18(20)17(13-14)19(2,3)4/h5-9,12-13,20H,10-11H2,1-4H3. The van der Waals surface area contributed by atoms with Crippen molar-refractivity contribution < 1.29 is 5.11 Å². The Morgan fingerprint density at radius 3 is 2.20 bits per heavy atom. The molecule has 1 nitrogen and oxygen atoms in total. The van der Waals surface area contributed by atoms with E-state index >= 15 is 0 Å². The van der Waals surface area contributed by atoms with Gasteiger partial charge in [-0.05, 0) is 41.9 Å². The number of rotatable bonds is 3. The maximum absolute atomic E-state index is 10.5. The number of aryl methyl sites for hydroxylation is 3. The van der Waals surface area contributed by atoms with Crippen LogP contribution < -0.4 is 0 Å². The van der Waals surface area contributed by atoms with Crippen molar-refractivity contribution in [3.63, 3.8) is 0 Å². The second kappa shape index (κ2) is 5.70. The first-order chi connectivity index (χ1) is 9.38. The minimum Gasteiger partial charge on any atom is -0.507 e. The Balaban J connectivity index is 2.26. The minimum atomic E-state index is -0.0302. The van der Waals surface area contributed by atoms with E-state index in [1.54, 1.807) is 0 Å². The first kappa shape index (κ1) is 14.6. The van der Waals surface area contributed by atoms with Gasteiger partial charge < -0.3 is 5.11 Å². The summed E-state index contributed by atoms with van der Waals surface area (Å²) in [6.07, 6.45) is 1.84. The van der Waals surface area contributed by atoms with E-state index in [4.69, 9.17) is 0 Å². The highest BCUT2D eigenvalue weighted by Gasteiger charge is 2.20. The molecule has 2 aromatic carbocycles. The van der Waals surface area contributed by atoms with Crippen molar-refractivity contribution in [3.05, 3.63) is 64.7 Å². The Morgan fingerprint density at radius 2 is 1.60 bits per heavy atom. The van der Waals surface area contributed by atoms with Crippen LogP contribution in [-0.4, -0.2) is 5.11 Å². The van der Waals surface area contributed by atoms with Crippen LogP contribution in [-0.2, 0) is 18.3 Å². The third-order valence-electron chi connectivity index (χ3n) is 3.67. The van der Waals surface area contributed by atoms with E-state index in [1.807, 2.05) is 6.07 Å². The SMILES string of the molecule is Cc1cc(CCc2ccccc2)c(O)c(C(C)(C)C)c1. The van der Waals surface area contributed by atoms with Crippen LogP contribution in [0.5, 0.6) is 5.75 Å². The van der Waals surface area contributed by atoms with Crippen LogP contribution in [0, 0.1) is 6.92 Å². The van der Waals surface area contributed by atoms with Crippen LogP contribution in [0.15, 0.2) is 42.5 Å². The van der Waals surface area contributed by atoms with Crippen LogP contribution in [0.2, 0.25) is 0 Å². The zero-order valence-electron chi connectivity index (χ0n) is 12.9. The molecular formula is C19H24O. The molecule has 0 amide bonds. The lowest BCUT2D eigenvalue weighted by Crippen LogP contribution is -2.12. The fraction of sp³-hybridized carbons (Fsp3) is 0.368. The molecule has 0 aromatic heterocycles. The summed E-state index contributed by atoms with van der Waals surface area (Å²) in [4.78, 5) is 0. The molecule has 1 N–H and O–H groups in total. The first-order valence-electron chi connectivity index (χ1n) is 7.25. The van der Waals surface area contributed by atoms with Gasteiger partial charge >= 0.3 is 0 Å². The van der Waals surface area contributed by atoms with Crippen molar-refractivity contribution in [1.82, 2.24) is 0 Å². The topological polar surface area (TPSA) is 20.2 Å². The molecule has 106 valence electrons. The van der Waals surface area contributed by atoms with Crippen LogP contribution in [0.3, 0.4) is 0 Å². The zero-order chi connectivity index (χ0) is 14.8. The normalized spacial score (nSPS) is 11.6. The number of phenolic OH excluding ortho intramolecular Hbond substituents is 1. The Kier molecular flexibility index (Phi) is 4.17. The van der Waals surface area contributed by atoms with Crippen molar-refractivity contribution >= 4 is 0 Å². The third-order valence-corrected chi connectivity index (χ3v) is 3.67. The van der Waals surface area contributed by atoms with Crippen LogP contribution in [0.4, 0.5) is 0 Å². The van der Waals surface area contributed by atoms with E-state index in [0.717, 1.165) is 24.0 Å². The highest BCUT2D eigenvalue weighted by Crippen LogP contribution is 2.34. The maximum Gasteiger partial charge on any atom is 0.122 e. The summed E-state index contributed by atoms with van der Waals surface area (Å²) in [7, 11) is 0. The number of hydrogen-bond donors (Lipinski definition) is 1. The summed E-state index contributed by atoms with van der Waals surface area (Å²) < 4.78 is 0. The second-order valence-electron chi connectivity index (χ2n) is 6.56. The summed E-state index contributed by atoms with van der Waals surface area (Å²) in [6.45, 7) is 8.52. The first-order valence-corrected chi connectivity index (χ1v) is 7.25. The van der Waals surface area contributed by atoms with E-state index in [1.165, 1.54) is 11.1 Å². The lowest BCUT2D eigenvalue weighted by atomic mass is 9.83. The molecule has 0 unspecified atom stereocenters. The molecular weight excluding hydrogens is 244 g/mol. The van der Waals surface area contributed by atoms with Gasteiger partial charge in [0.15, 0.2) is 0 Å². The van der Waals surface area contributed by atoms with E-state index in [9.17, 15) is 5.11 Å². The molecule has 0 aliphatic carbocycles. The predicted octanol–water partition coefficient (Wildman–Crippen LogP) is 4.78. The van der Waals surface area contributed by atoms with Crippen LogP contribution in [0.1, 0.15) is 43.0 Å². The van der Waals surface area contributed by atoms with Gasteiger partial charge in [0.25, 0.3) is 0 Å². The Labute approximate surface area is 122 Å². The molecule has 0 spiro atoms. The van der Waals surface area contributed by atoms with Gasteiger partial charge in [0.2, 0.25) is 0 Å². The number of phenols is 1. The van der Waals surface area contributed by atoms with Gasteiger partial charge in [0.05, 0.1) is 0 Å². The third kappa shape index (κ3) is 3.41. The lowest BCUT2D eigenvalue weighted by molar-refractivity contribution is 0.440. The van der Waals surface area contributed by atoms with E-state index in [-0.39, 0.29) is 5.41 Å². The van der Waals surface area contributed by atoms with Crippen LogP contribution in [0.25, 0.3) is 0 Å². The summed E-state index contributed by atoms with van der Waals surface area (Å²) >= 11 is 0. The van der Waals surface area contributed by atoms with Crippen molar-refractivity contribution in [2.24, 2.45) is 0 Å². The smallest absolute Gasteiger partial charge is 0.122 e. The molecule has 20 heavy (non-hydrogen) atoms. The summed E-state index contributed by atoms with van der Waals surface area (Å²) in [5.74, 6) is 0.471. The number of benzene rings is 2. The molecule has 0 aliphatic rings. The Hall–Kier alpha value is -1.76. The van der Waals surface area contributed by atoms with Gasteiger partial charge in [0.1, 0.15) is 5.75 Å². The largest absolute Gasteiger partial charge is 0.507 e. The molecule has 0 atom stereocenters. The number of aromatic hydroxyl groups is 1. The van der Waals surface area contributed by atoms with Gasteiger partial charge in [-0.25, -0.2) is 0 Å². The van der Waals surface area contributed by atoms with E-state index in [2.05, 4.69) is 64.1 Å². The molecule has 0 heterocycles. The molecule has 0 radical (unpaired) electrons. The quantitative estimate of drug-likeness (QED) is 0.849. The monoisotopic (exact) mass is 268 g/mol. The maximum atomic E-state index is 10.5. The van der Waals surface area contributed by atoms with E-state index < -0.39 is 0 Å². The minimum absolute atomic E-state index is 0.0302. The van der Waals surface area contributed by atoms with E-state index in [0.29, 0.717) is 5.75 Å². The summed E-state index contributed by atoms with van der Waals surface area (Å²) in [6, 6.07) is 14.6. The summed E-state index contributed by atoms with van der Waals surface area (Å²) in [5.41, 5.74) is 4.60. The van der Waals surface area contributed by atoms with Gasteiger partial charge in [0, 0.05) is 0 Å². The molecule has 0 saturated carbocycles. The fourth-order valence-corrected chi connectivity index (χ4v) is 2.54. The average Bonchev–Trinajstić information content (AvgIpc) is 2.39. The molecule has 1 heteroatoms. The van der Waals surface area contributed by atoms with Crippen molar-refractivity contribution in [3.8, 4) is 5.75 Å². The van der Waals surface area contributed by atoms with Crippen LogP contribution >= 0.6 is 0 Å². The molecule has 0 saturated heterocycles. The molecule has 0 aliphatic heterocycles. The predicted molar refractivity (Wildman–Crippen MR) is 85.4 cm³/mol. The van der Waals surface area contributed by atoms with Gasteiger partial charge in [-0.3, -0.25) is 0 Å². The Morgan fingerprint density at radius 1 is 0.950 bits per heavy atom. The lowest BCUT2D eigenvalue weighted by Gasteiger charge is -2.23. The average molecular weight is 268 g/mol. The van der Waals surface area contributed by atoms with Crippen molar-refractivity contribution in [2.75, 3.05) is 0 Å². The fourth-order valence-electron chi connectivity index (χ4n) is 2.54. The van der Waals surface area contributed by atoms with Gasteiger partial charge in [-0.15, -0.1) is 0 Å². The molecule has 0 fully saturated rings. The molecule has 0 bridgehead atoms. The highest BCUT2D eigenvalue weighted by molar-refractivity contribution is 5.47. The van der Waals surface area contributed by atoms with Gasteiger partial charge in [-0.2, -0.15) is 0 Å². The highest BCUT2D eigenvalue weighted by atomic mass is 16.3. The van der Waals surface area contributed by atoms with Crippen molar-refractivity contribution in [2.45, 2.75) is 46.0 Å². The van der Waals surface area contributed by atoms with Crippen molar-refractivity contribution in [1.29, 1.82) is 0 Å². The molecule has 2 rings (SSSR count). The summed E-state index contributed by atoms with van der Waals surface area (Å²) in [5, 5.41) is 10.5. The number of hydrogen-bond acceptors (Lipinski definition) is 1. The zero-order valence-corrected chi connectivity index (χ0v) is 12.9. The second-order valence-corrected chi connectivity index (χ2v) is 6.56. The Bertz CT molecular complexity index is 577. The molecule has 2 aromatic rings.